The van der Waals surface area contributed by atoms with Crippen molar-refractivity contribution in [2.24, 2.45) is 0 Å². The van der Waals surface area contributed by atoms with Crippen LogP contribution in [0.15, 0.2) is 18.2 Å². The van der Waals surface area contributed by atoms with Gasteiger partial charge in [-0.25, -0.2) is 0 Å². The molecule has 0 amide bonds. The summed E-state index contributed by atoms with van der Waals surface area (Å²) in [5, 5.41) is 10.1. The van der Waals surface area contributed by atoms with Gasteiger partial charge >= 0.3 is 0 Å². The normalized spacial score (nSPS) is 12.3. The first-order valence-corrected chi connectivity index (χ1v) is 7.66. The van der Waals surface area contributed by atoms with Gasteiger partial charge < -0.3 is 19.3 Å². The lowest BCUT2D eigenvalue weighted by atomic mass is 10.1. The molecule has 23 heavy (non-hydrogen) atoms. The van der Waals surface area contributed by atoms with Gasteiger partial charge in [0.15, 0.2) is 11.5 Å². The second kappa shape index (κ2) is 10.1. The predicted octanol–water partition coefficient (Wildman–Crippen LogP) is 1.92. The van der Waals surface area contributed by atoms with Crippen LogP contribution in [0, 0.1) is 12.3 Å². The van der Waals surface area contributed by atoms with E-state index in [-0.39, 0.29) is 19.3 Å². The fourth-order valence-corrected chi connectivity index (χ4v) is 2.25. The third kappa shape index (κ3) is 6.49. The number of methoxy groups -OCH3 is 2. The average Bonchev–Trinajstić information content (AvgIpc) is 2.54. The van der Waals surface area contributed by atoms with E-state index in [1.807, 2.05) is 18.2 Å². The van der Waals surface area contributed by atoms with E-state index in [4.69, 9.17) is 20.6 Å². The molecule has 5 heteroatoms. The molecule has 0 heterocycles. The molecule has 0 bridgehead atoms. The van der Waals surface area contributed by atoms with Crippen LogP contribution in [0.3, 0.4) is 0 Å². The van der Waals surface area contributed by atoms with Gasteiger partial charge in [-0.1, -0.05) is 12.0 Å². The number of terminal acetylenes is 1. The van der Waals surface area contributed by atoms with Gasteiger partial charge in [-0.15, -0.1) is 6.42 Å². The summed E-state index contributed by atoms with van der Waals surface area (Å²) in [6.07, 6.45) is 4.55. The lowest BCUT2D eigenvalue weighted by Gasteiger charge is -2.29. The maximum absolute atomic E-state index is 10.1. The van der Waals surface area contributed by atoms with Crippen LogP contribution < -0.4 is 9.47 Å². The summed E-state index contributed by atoms with van der Waals surface area (Å²) in [6.45, 7) is 5.85. The lowest BCUT2D eigenvalue weighted by Crippen LogP contribution is -2.38. The number of aliphatic hydroxyl groups excluding tert-OH is 1. The van der Waals surface area contributed by atoms with Crippen LogP contribution in [0.5, 0.6) is 11.5 Å². The summed E-state index contributed by atoms with van der Waals surface area (Å²) in [4.78, 5) is 2.17. The van der Waals surface area contributed by atoms with Crippen molar-refractivity contribution < 1.29 is 19.3 Å². The molecule has 0 saturated carbocycles. The van der Waals surface area contributed by atoms with E-state index >= 15 is 0 Å². The zero-order chi connectivity index (χ0) is 17.2. The molecule has 1 N–H and O–H groups in total. The molecule has 0 spiro atoms. The van der Waals surface area contributed by atoms with E-state index in [1.165, 1.54) is 0 Å². The Balaban J connectivity index is 2.70. The van der Waals surface area contributed by atoms with E-state index < -0.39 is 6.10 Å². The van der Waals surface area contributed by atoms with Crippen LogP contribution in [-0.2, 0) is 11.3 Å². The van der Waals surface area contributed by atoms with E-state index in [0.29, 0.717) is 24.6 Å². The summed E-state index contributed by atoms with van der Waals surface area (Å²) < 4.78 is 15.8. The van der Waals surface area contributed by atoms with Gasteiger partial charge in [0.1, 0.15) is 6.61 Å². The highest BCUT2D eigenvalue weighted by atomic mass is 16.5. The fourth-order valence-electron chi connectivity index (χ4n) is 2.25. The molecule has 1 aromatic rings. The van der Waals surface area contributed by atoms with Crippen molar-refractivity contribution in [3.63, 3.8) is 0 Å². The van der Waals surface area contributed by atoms with Gasteiger partial charge in [0.05, 0.1) is 26.9 Å². The molecular formula is C18H27NO4. The third-order valence-electron chi connectivity index (χ3n) is 3.50. The molecule has 0 unspecified atom stereocenters. The molecule has 0 radical (unpaired) electrons. The molecule has 0 fully saturated rings. The summed E-state index contributed by atoms with van der Waals surface area (Å²) >= 11 is 0. The minimum absolute atomic E-state index is 0.217. The third-order valence-corrected chi connectivity index (χ3v) is 3.50. The van der Waals surface area contributed by atoms with Gasteiger partial charge in [0, 0.05) is 19.1 Å². The minimum Gasteiger partial charge on any atom is -0.493 e. The molecule has 0 saturated heterocycles. The molecule has 1 atom stereocenters. The number of nitrogens with zero attached hydrogens (tertiary/aromatic N) is 1. The SMILES string of the molecule is C#CCOC[C@H](O)CN(Cc1ccc(OC)c(OC)c1)C(C)C. The van der Waals surface area contributed by atoms with E-state index in [9.17, 15) is 5.11 Å². The van der Waals surface area contributed by atoms with Gasteiger partial charge in [-0.05, 0) is 31.5 Å². The Morgan fingerprint density at radius 3 is 2.48 bits per heavy atom. The van der Waals surface area contributed by atoms with Gasteiger partial charge in [-0.3, -0.25) is 4.90 Å². The zero-order valence-electron chi connectivity index (χ0n) is 14.4. The maximum Gasteiger partial charge on any atom is 0.161 e. The topological polar surface area (TPSA) is 51.2 Å². The molecular weight excluding hydrogens is 294 g/mol. The molecule has 1 aromatic carbocycles. The van der Waals surface area contributed by atoms with Crippen LogP contribution in [0.1, 0.15) is 19.4 Å². The van der Waals surface area contributed by atoms with Crippen LogP contribution >= 0.6 is 0 Å². The molecule has 0 aromatic heterocycles. The Bertz CT molecular complexity index is 510. The first-order valence-electron chi connectivity index (χ1n) is 7.66. The number of aliphatic hydroxyl groups is 1. The van der Waals surface area contributed by atoms with Gasteiger partial charge in [-0.2, -0.15) is 0 Å². The summed E-state index contributed by atoms with van der Waals surface area (Å²) in [7, 11) is 3.24. The number of rotatable bonds is 10. The standard InChI is InChI=1S/C18H27NO4/c1-6-9-23-13-16(20)12-19(14(2)3)11-15-7-8-17(21-4)18(10-15)22-5/h1,7-8,10,14,16,20H,9,11-13H2,2-5H3/t16-/m1/s1. The smallest absolute Gasteiger partial charge is 0.161 e. The quantitative estimate of drug-likeness (QED) is 0.527. The lowest BCUT2D eigenvalue weighted by molar-refractivity contribution is 0.0192. The van der Waals surface area contributed by atoms with Crippen LogP contribution in [0.4, 0.5) is 0 Å². The highest BCUT2D eigenvalue weighted by Gasteiger charge is 2.16. The molecule has 5 nitrogen and oxygen atoms in total. The van der Waals surface area contributed by atoms with Crippen molar-refractivity contribution in [2.75, 3.05) is 34.0 Å². The molecule has 0 aliphatic rings. The average molecular weight is 321 g/mol. The van der Waals surface area contributed by atoms with Gasteiger partial charge in [0.25, 0.3) is 0 Å². The van der Waals surface area contributed by atoms with Crippen LogP contribution in [0.25, 0.3) is 0 Å². The largest absolute Gasteiger partial charge is 0.493 e. The fraction of sp³-hybridized carbons (Fsp3) is 0.556. The van der Waals surface area contributed by atoms with Crippen molar-refractivity contribution >= 4 is 0 Å². The molecule has 128 valence electrons. The van der Waals surface area contributed by atoms with E-state index in [2.05, 4.69) is 24.7 Å². The number of benzene rings is 1. The first-order chi connectivity index (χ1) is 11.0. The number of hydrogen-bond donors (Lipinski definition) is 1. The second-order valence-corrected chi connectivity index (χ2v) is 5.59. The zero-order valence-corrected chi connectivity index (χ0v) is 14.4. The Kier molecular flexibility index (Phi) is 8.49. The monoisotopic (exact) mass is 321 g/mol. The summed E-state index contributed by atoms with van der Waals surface area (Å²) in [5.74, 6) is 3.79. The number of ether oxygens (including phenoxy) is 3. The van der Waals surface area contributed by atoms with Crippen molar-refractivity contribution in [3.05, 3.63) is 23.8 Å². The van der Waals surface area contributed by atoms with E-state index in [1.54, 1.807) is 14.2 Å². The number of hydrogen-bond acceptors (Lipinski definition) is 5. The van der Waals surface area contributed by atoms with E-state index in [0.717, 1.165) is 5.56 Å². The molecule has 1 rings (SSSR count). The Morgan fingerprint density at radius 1 is 1.22 bits per heavy atom. The second-order valence-electron chi connectivity index (χ2n) is 5.59. The summed E-state index contributed by atoms with van der Waals surface area (Å²) in [5.41, 5.74) is 1.09. The Hall–Kier alpha value is -1.74. The van der Waals surface area contributed by atoms with Crippen molar-refractivity contribution in [1.29, 1.82) is 0 Å². The molecule has 0 aliphatic heterocycles. The van der Waals surface area contributed by atoms with Gasteiger partial charge in [0.2, 0.25) is 0 Å². The highest BCUT2D eigenvalue weighted by molar-refractivity contribution is 5.42. The first kappa shape index (κ1) is 19.3. The Morgan fingerprint density at radius 2 is 1.91 bits per heavy atom. The van der Waals surface area contributed by atoms with Crippen LogP contribution in [-0.4, -0.2) is 56.1 Å². The maximum atomic E-state index is 10.1. The summed E-state index contributed by atoms with van der Waals surface area (Å²) in [6, 6.07) is 6.12. The predicted molar refractivity (Wildman–Crippen MR) is 90.8 cm³/mol. The highest BCUT2D eigenvalue weighted by Crippen LogP contribution is 2.28. The Labute approximate surface area is 139 Å². The van der Waals surface area contributed by atoms with Crippen molar-refractivity contribution in [1.82, 2.24) is 4.90 Å². The minimum atomic E-state index is -0.578. The molecule has 0 aliphatic carbocycles. The van der Waals surface area contributed by atoms with Crippen LogP contribution in [0.2, 0.25) is 0 Å². The van der Waals surface area contributed by atoms with Crippen molar-refractivity contribution in [2.45, 2.75) is 32.5 Å². The van der Waals surface area contributed by atoms with Crippen molar-refractivity contribution in [3.8, 4) is 23.8 Å².